The normalized spacial score (nSPS) is 13.9. The number of rotatable bonds is 14. The molecule has 0 unspecified atom stereocenters. The van der Waals surface area contributed by atoms with Crippen molar-refractivity contribution >= 4 is 35.6 Å². The van der Waals surface area contributed by atoms with Gasteiger partial charge in [0.15, 0.2) is 0 Å². The van der Waals surface area contributed by atoms with E-state index >= 15 is 0 Å². The van der Waals surface area contributed by atoms with Gasteiger partial charge in [-0.15, -0.1) is 0 Å². The lowest BCUT2D eigenvalue weighted by molar-refractivity contribution is -0.156. The summed E-state index contributed by atoms with van der Waals surface area (Å²) in [6.45, 7) is 14.7. The molecule has 0 aromatic heterocycles. The highest BCUT2D eigenvalue weighted by Crippen LogP contribution is 2.29. The molecule has 1 aromatic rings. The second-order valence-corrected chi connectivity index (χ2v) is 13.4. The van der Waals surface area contributed by atoms with Gasteiger partial charge >= 0.3 is 18.2 Å². The van der Waals surface area contributed by atoms with Gasteiger partial charge in [-0.2, -0.15) is 13.2 Å². The molecule has 4 amide bonds. The first kappa shape index (κ1) is 40.9. The molecule has 0 radical (unpaired) electrons. The van der Waals surface area contributed by atoms with E-state index in [-0.39, 0.29) is 24.4 Å². The van der Waals surface area contributed by atoms with Crippen LogP contribution in [0.25, 0.3) is 0 Å². The number of carbonyl (C=O) groups excluding carboxylic acids is 6. The van der Waals surface area contributed by atoms with Gasteiger partial charge < -0.3 is 30.7 Å². The molecule has 4 N–H and O–H groups in total. The maximum atomic E-state index is 13.6. The third kappa shape index (κ3) is 15.8. The van der Waals surface area contributed by atoms with Crippen molar-refractivity contribution < 1.29 is 51.4 Å². The number of halogens is 3. The van der Waals surface area contributed by atoms with Gasteiger partial charge in [0, 0.05) is 13.0 Å². The quantitative estimate of drug-likeness (QED) is 0.172. The molecule has 0 saturated carbocycles. The van der Waals surface area contributed by atoms with E-state index in [4.69, 9.17) is 9.47 Å². The molecule has 0 fully saturated rings. The van der Waals surface area contributed by atoms with E-state index in [9.17, 15) is 41.9 Å². The summed E-state index contributed by atoms with van der Waals surface area (Å²) in [6.07, 6.45) is -6.76. The average molecular weight is 673 g/mol. The average Bonchev–Trinajstić information content (AvgIpc) is 2.88. The van der Waals surface area contributed by atoms with Crippen LogP contribution in [0.15, 0.2) is 24.3 Å². The van der Waals surface area contributed by atoms with E-state index in [0.717, 1.165) is 18.2 Å². The minimum Gasteiger partial charge on any atom is -0.460 e. The maximum absolute atomic E-state index is 13.6. The van der Waals surface area contributed by atoms with Crippen LogP contribution < -0.4 is 21.3 Å². The molecular weight excluding hydrogens is 625 g/mol. The summed E-state index contributed by atoms with van der Waals surface area (Å²) in [7, 11) is 0. The molecule has 1 rings (SSSR count). The van der Waals surface area contributed by atoms with Crippen molar-refractivity contribution in [2.75, 3.05) is 6.54 Å². The van der Waals surface area contributed by atoms with Crippen LogP contribution in [0.1, 0.15) is 86.3 Å². The maximum Gasteiger partial charge on any atom is 0.416 e. The highest BCUT2D eigenvalue weighted by atomic mass is 19.4. The molecule has 0 aliphatic carbocycles. The number of benzene rings is 1. The summed E-state index contributed by atoms with van der Waals surface area (Å²) in [4.78, 5) is 77.7. The minimum atomic E-state index is -4.67. The lowest BCUT2D eigenvalue weighted by Gasteiger charge is -2.27. The monoisotopic (exact) mass is 672 g/mol. The number of alkyl carbamates (subject to hydrolysis) is 1. The second kappa shape index (κ2) is 17.1. The number of hydrogen-bond donors (Lipinski definition) is 4. The molecule has 3 atom stereocenters. The van der Waals surface area contributed by atoms with Crippen molar-refractivity contribution in [1.82, 2.24) is 21.3 Å². The highest BCUT2D eigenvalue weighted by molar-refractivity contribution is 6.38. The van der Waals surface area contributed by atoms with Gasteiger partial charge in [-0.1, -0.05) is 32.0 Å². The smallest absolute Gasteiger partial charge is 0.416 e. The zero-order valence-electron chi connectivity index (χ0n) is 28.3. The largest absolute Gasteiger partial charge is 0.460 e. The van der Waals surface area contributed by atoms with Crippen LogP contribution >= 0.6 is 0 Å². The predicted molar refractivity (Wildman–Crippen MR) is 166 cm³/mol. The zero-order chi connectivity index (χ0) is 36.3. The molecule has 0 saturated heterocycles. The fraction of sp³-hybridized carbons (Fsp3) is 0.625. The van der Waals surface area contributed by atoms with E-state index in [0.29, 0.717) is 0 Å². The minimum absolute atomic E-state index is 0.00872. The summed E-state index contributed by atoms with van der Waals surface area (Å²) < 4.78 is 50.5. The van der Waals surface area contributed by atoms with Crippen LogP contribution in [-0.2, 0) is 46.0 Å². The van der Waals surface area contributed by atoms with Crippen molar-refractivity contribution in [2.24, 2.45) is 5.92 Å². The Bertz CT molecular complexity index is 1260. The predicted octanol–water partition coefficient (Wildman–Crippen LogP) is 3.59. The first-order chi connectivity index (χ1) is 21.4. The number of ether oxygens (including phenoxy) is 2. The number of Topliss-reactive ketones (excluding diaryl/α,β-unsaturated/α-hetero) is 1. The fourth-order valence-corrected chi connectivity index (χ4v) is 4.18. The Balaban J connectivity index is 3.38. The van der Waals surface area contributed by atoms with Crippen molar-refractivity contribution in [2.45, 2.75) is 117 Å². The molecule has 0 heterocycles. The first-order valence-corrected chi connectivity index (χ1v) is 15.2. The molecule has 15 heteroatoms. The van der Waals surface area contributed by atoms with Gasteiger partial charge in [0.25, 0.3) is 5.91 Å². The fourth-order valence-electron chi connectivity index (χ4n) is 4.18. The molecule has 47 heavy (non-hydrogen) atoms. The molecule has 0 spiro atoms. The summed E-state index contributed by atoms with van der Waals surface area (Å²) in [5.41, 5.74) is -2.81. The molecule has 0 bridgehead atoms. The van der Waals surface area contributed by atoms with Gasteiger partial charge in [-0.25, -0.2) is 4.79 Å². The number of alkyl halides is 3. The number of carbonyl (C=O) groups is 6. The standard InChI is InChI=1S/C32H47F3N4O8/c1-10-36-28(44)25(41)21(16-19-12-11-13-20(15-19)32(33,34)35)37-26(42)22(14-18(2)3)38-27(43)23(17-24(40)46-30(4,5)6)39-29(45)47-31(7,8)9/h11-13,15,18,21-23H,10,14,16-17H2,1-9H3,(H,36,44)(H,37,42)(H,38,43)(H,39,45)/t21-,22-,23-/m0/s1. The summed E-state index contributed by atoms with van der Waals surface area (Å²) in [5, 5.41) is 9.53. The van der Waals surface area contributed by atoms with Crippen LogP contribution in [0.5, 0.6) is 0 Å². The van der Waals surface area contributed by atoms with E-state index in [1.165, 1.54) is 6.07 Å². The molecule has 0 aliphatic rings. The first-order valence-electron chi connectivity index (χ1n) is 15.2. The lowest BCUT2D eigenvalue weighted by atomic mass is 9.98. The van der Waals surface area contributed by atoms with E-state index < -0.39 is 89.5 Å². The summed E-state index contributed by atoms with van der Waals surface area (Å²) in [6, 6.07) is -0.387. The van der Waals surface area contributed by atoms with Crippen molar-refractivity contribution in [3.8, 4) is 0 Å². The zero-order valence-corrected chi connectivity index (χ0v) is 28.3. The number of hydrogen-bond acceptors (Lipinski definition) is 8. The third-order valence-corrected chi connectivity index (χ3v) is 6.03. The number of amides is 4. The summed E-state index contributed by atoms with van der Waals surface area (Å²) >= 11 is 0. The van der Waals surface area contributed by atoms with Crippen molar-refractivity contribution in [1.29, 1.82) is 0 Å². The Kier molecular flexibility index (Phi) is 14.9. The van der Waals surface area contributed by atoms with Gasteiger partial charge in [0.05, 0.1) is 12.0 Å². The van der Waals surface area contributed by atoms with Gasteiger partial charge in [0.1, 0.15) is 29.3 Å². The number of ketones is 1. The lowest BCUT2D eigenvalue weighted by Crippen LogP contribution is -2.58. The van der Waals surface area contributed by atoms with Gasteiger partial charge in [0.2, 0.25) is 17.6 Å². The van der Waals surface area contributed by atoms with Crippen LogP contribution in [0.3, 0.4) is 0 Å². The van der Waals surface area contributed by atoms with Crippen LogP contribution in [0, 0.1) is 5.92 Å². The Hall–Kier alpha value is -4.17. The molecule has 1 aromatic carbocycles. The number of likely N-dealkylation sites (N-methyl/N-ethyl adjacent to an activating group) is 1. The summed E-state index contributed by atoms with van der Waals surface area (Å²) in [5.74, 6) is -5.08. The molecule has 12 nitrogen and oxygen atoms in total. The topological polar surface area (TPSA) is 169 Å². The van der Waals surface area contributed by atoms with Crippen LogP contribution in [0.4, 0.5) is 18.0 Å². The van der Waals surface area contributed by atoms with Crippen molar-refractivity contribution in [3.63, 3.8) is 0 Å². The van der Waals surface area contributed by atoms with Gasteiger partial charge in [-0.05, 0) is 72.4 Å². The SMILES string of the molecule is CCNC(=O)C(=O)[C@H](Cc1cccc(C(F)(F)F)c1)NC(=O)[C@H](CC(C)C)NC(=O)[C@H](CC(=O)OC(C)(C)C)NC(=O)OC(C)(C)C. The molecular formula is C32H47F3N4O8. The van der Waals surface area contributed by atoms with Crippen LogP contribution in [-0.4, -0.2) is 71.4 Å². The van der Waals surface area contributed by atoms with Crippen molar-refractivity contribution in [3.05, 3.63) is 35.4 Å². The second-order valence-electron chi connectivity index (χ2n) is 13.4. The Morgan fingerprint density at radius 3 is 1.85 bits per heavy atom. The van der Waals surface area contributed by atoms with E-state index in [2.05, 4.69) is 21.3 Å². The van der Waals surface area contributed by atoms with E-state index in [1.54, 1.807) is 62.3 Å². The highest BCUT2D eigenvalue weighted by Gasteiger charge is 2.35. The molecule has 0 aliphatic heterocycles. The van der Waals surface area contributed by atoms with Crippen LogP contribution in [0.2, 0.25) is 0 Å². The number of nitrogens with one attached hydrogen (secondary N) is 4. The third-order valence-electron chi connectivity index (χ3n) is 6.03. The Morgan fingerprint density at radius 1 is 0.787 bits per heavy atom. The van der Waals surface area contributed by atoms with E-state index in [1.807, 2.05) is 0 Å². The number of esters is 1. The molecule has 264 valence electrons. The van der Waals surface area contributed by atoms with Gasteiger partial charge in [-0.3, -0.25) is 24.0 Å². The Morgan fingerprint density at radius 2 is 1.34 bits per heavy atom. The Labute approximate surface area is 273 Å².